The Morgan fingerprint density at radius 3 is 2.94 bits per heavy atom. The largest absolute Gasteiger partial charge is 0.462 e. The summed E-state index contributed by atoms with van der Waals surface area (Å²) in [7, 11) is 0. The fourth-order valence-electron chi connectivity index (χ4n) is 1.31. The van der Waals surface area contributed by atoms with Gasteiger partial charge >= 0.3 is 5.97 Å². The quantitative estimate of drug-likeness (QED) is 0.450. The maximum Gasteiger partial charge on any atom is 0.338 e. The molecule has 0 saturated heterocycles. The minimum Gasteiger partial charge on any atom is -0.462 e. The van der Waals surface area contributed by atoms with Gasteiger partial charge in [0.2, 0.25) is 0 Å². The molecule has 0 fully saturated rings. The van der Waals surface area contributed by atoms with Crippen molar-refractivity contribution in [2.24, 2.45) is 0 Å². The molecule has 0 aromatic heterocycles. The lowest BCUT2D eigenvalue weighted by Crippen LogP contribution is -2.07. The van der Waals surface area contributed by atoms with Gasteiger partial charge in [-0.15, -0.1) is 11.6 Å². The zero-order chi connectivity index (χ0) is 12.0. The normalized spacial score (nSPS) is 11.9. The standard InChI is InChI=1S/C12H13ClO3/c1-2-16-12(15)10-5-3-4-9(6-10)7-11(13)8-14/h3-6,8,11H,2,7H2,1H3. The third-order valence-corrected chi connectivity index (χ3v) is 2.27. The zero-order valence-electron chi connectivity index (χ0n) is 8.98. The van der Waals surface area contributed by atoms with E-state index in [2.05, 4.69) is 0 Å². The van der Waals surface area contributed by atoms with E-state index in [4.69, 9.17) is 16.3 Å². The van der Waals surface area contributed by atoms with Gasteiger partial charge in [0, 0.05) is 0 Å². The molecule has 0 bridgehead atoms. The smallest absolute Gasteiger partial charge is 0.338 e. The second-order valence-corrected chi connectivity index (χ2v) is 3.84. The van der Waals surface area contributed by atoms with Gasteiger partial charge in [-0.2, -0.15) is 0 Å². The van der Waals surface area contributed by atoms with Crippen LogP contribution in [0.4, 0.5) is 0 Å². The van der Waals surface area contributed by atoms with Crippen LogP contribution >= 0.6 is 11.6 Å². The van der Waals surface area contributed by atoms with E-state index in [-0.39, 0.29) is 5.97 Å². The highest BCUT2D eigenvalue weighted by Crippen LogP contribution is 2.10. The van der Waals surface area contributed by atoms with Crippen LogP contribution in [0.25, 0.3) is 0 Å². The van der Waals surface area contributed by atoms with Gasteiger partial charge in [-0.25, -0.2) is 4.79 Å². The molecule has 1 aromatic carbocycles. The highest BCUT2D eigenvalue weighted by Gasteiger charge is 2.09. The minimum absolute atomic E-state index is 0.343. The second-order valence-electron chi connectivity index (χ2n) is 3.28. The molecular weight excluding hydrogens is 228 g/mol. The minimum atomic E-state index is -0.558. The third-order valence-electron chi connectivity index (χ3n) is 2.02. The van der Waals surface area contributed by atoms with Crippen LogP contribution in [-0.4, -0.2) is 24.2 Å². The summed E-state index contributed by atoms with van der Waals surface area (Å²) in [4.78, 5) is 21.8. The number of carbonyl (C=O) groups excluding carboxylic acids is 2. The molecule has 1 atom stereocenters. The Balaban J connectivity index is 2.78. The van der Waals surface area contributed by atoms with Gasteiger partial charge in [0.05, 0.1) is 17.5 Å². The molecule has 0 heterocycles. The van der Waals surface area contributed by atoms with E-state index in [1.807, 2.05) is 6.07 Å². The number of ether oxygens (including phenoxy) is 1. The SMILES string of the molecule is CCOC(=O)c1cccc(CC(Cl)C=O)c1. The van der Waals surface area contributed by atoms with Gasteiger partial charge in [-0.3, -0.25) is 0 Å². The lowest BCUT2D eigenvalue weighted by Gasteiger charge is -2.05. The number of hydrogen-bond donors (Lipinski definition) is 0. The van der Waals surface area contributed by atoms with Crippen LogP contribution in [0.1, 0.15) is 22.8 Å². The van der Waals surface area contributed by atoms with E-state index in [9.17, 15) is 9.59 Å². The van der Waals surface area contributed by atoms with Crippen LogP contribution in [0.15, 0.2) is 24.3 Å². The molecule has 0 aliphatic heterocycles. The van der Waals surface area contributed by atoms with E-state index < -0.39 is 5.38 Å². The molecule has 3 nitrogen and oxygen atoms in total. The Morgan fingerprint density at radius 1 is 1.56 bits per heavy atom. The van der Waals surface area contributed by atoms with Gasteiger partial charge in [0.25, 0.3) is 0 Å². The Hall–Kier alpha value is -1.35. The molecule has 1 unspecified atom stereocenters. The fraction of sp³-hybridized carbons (Fsp3) is 0.333. The zero-order valence-corrected chi connectivity index (χ0v) is 9.74. The van der Waals surface area contributed by atoms with Crippen molar-refractivity contribution in [2.75, 3.05) is 6.61 Å². The number of benzene rings is 1. The maximum absolute atomic E-state index is 11.4. The van der Waals surface area contributed by atoms with Crippen LogP contribution in [0.3, 0.4) is 0 Å². The van der Waals surface area contributed by atoms with Crippen LogP contribution in [0.5, 0.6) is 0 Å². The molecule has 0 spiro atoms. The van der Waals surface area contributed by atoms with E-state index >= 15 is 0 Å². The number of carbonyl (C=O) groups is 2. The van der Waals surface area contributed by atoms with Gasteiger partial charge in [0.1, 0.15) is 6.29 Å². The average Bonchev–Trinajstić information content (AvgIpc) is 2.29. The van der Waals surface area contributed by atoms with Crippen molar-refractivity contribution < 1.29 is 14.3 Å². The molecule has 0 N–H and O–H groups in total. The highest BCUT2D eigenvalue weighted by molar-refractivity contribution is 6.27. The highest BCUT2D eigenvalue weighted by atomic mass is 35.5. The van der Waals surface area contributed by atoms with Crippen LogP contribution < -0.4 is 0 Å². The molecule has 1 aromatic rings. The summed E-state index contributed by atoms with van der Waals surface area (Å²) in [5, 5.41) is -0.558. The Morgan fingerprint density at radius 2 is 2.31 bits per heavy atom. The van der Waals surface area contributed by atoms with Crippen molar-refractivity contribution in [1.29, 1.82) is 0 Å². The van der Waals surface area contributed by atoms with Gasteiger partial charge < -0.3 is 9.53 Å². The van der Waals surface area contributed by atoms with Gasteiger partial charge in [-0.1, -0.05) is 12.1 Å². The summed E-state index contributed by atoms with van der Waals surface area (Å²) >= 11 is 5.71. The first-order valence-electron chi connectivity index (χ1n) is 5.02. The lowest BCUT2D eigenvalue weighted by atomic mass is 10.1. The molecule has 0 aliphatic rings. The molecule has 4 heteroatoms. The van der Waals surface area contributed by atoms with Crippen LogP contribution in [-0.2, 0) is 16.0 Å². The first-order chi connectivity index (χ1) is 7.67. The second kappa shape index (κ2) is 6.28. The monoisotopic (exact) mass is 240 g/mol. The van der Waals surface area contributed by atoms with Crippen molar-refractivity contribution in [1.82, 2.24) is 0 Å². The average molecular weight is 241 g/mol. The summed E-state index contributed by atoms with van der Waals surface area (Å²) in [6.45, 7) is 2.10. The number of hydrogen-bond acceptors (Lipinski definition) is 3. The molecule has 16 heavy (non-hydrogen) atoms. The summed E-state index contributed by atoms with van der Waals surface area (Å²) in [6, 6.07) is 6.93. The molecule has 0 aliphatic carbocycles. The molecule has 1 rings (SSSR count). The number of alkyl halides is 1. The van der Waals surface area contributed by atoms with Crippen molar-refractivity contribution in [3.63, 3.8) is 0 Å². The topological polar surface area (TPSA) is 43.4 Å². The number of halogens is 1. The van der Waals surface area contributed by atoms with E-state index in [1.54, 1.807) is 25.1 Å². The Labute approximate surface area is 99.4 Å². The summed E-state index contributed by atoms with van der Waals surface area (Å²) in [5.41, 5.74) is 1.33. The molecule has 0 saturated carbocycles. The van der Waals surface area contributed by atoms with E-state index in [0.29, 0.717) is 24.9 Å². The van der Waals surface area contributed by atoms with Crippen molar-refractivity contribution in [2.45, 2.75) is 18.7 Å². The van der Waals surface area contributed by atoms with E-state index in [1.165, 1.54) is 0 Å². The third kappa shape index (κ3) is 3.66. The first kappa shape index (κ1) is 12.7. The number of rotatable bonds is 5. The Bertz CT molecular complexity index is 376. The summed E-state index contributed by atoms with van der Waals surface area (Å²) in [6.07, 6.45) is 1.09. The van der Waals surface area contributed by atoms with Crippen molar-refractivity contribution in [3.05, 3.63) is 35.4 Å². The van der Waals surface area contributed by atoms with Crippen LogP contribution in [0.2, 0.25) is 0 Å². The molecule has 0 radical (unpaired) electrons. The molecule has 0 amide bonds. The lowest BCUT2D eigenvalue weighted by molar-refractivity contribution is -0.107. The van der Waals surface area contributed by atoms with Crippen molar-refractivity contribution in [3.8, 4) is 0 Å². The number of aldehydes is 1. The predicted octanol–water partition coefficient (Wildman–Crippen LogP) is 2.21. The van der Waals surface area contributed by atoms with Crippen molar-refractivity contribution >= 4 is 23.9 Å². The molecule has 86 valence electrons. The first-order valence-corrected chi connectivity index (χ1v) is 5.46. The summed E-state index contributed by atoms with van der Waals surface area (Å²) in [5.74, 6) is -0.360. The molecular formula is C12H13ClO3. The Kier molecular flexibility index (Phi) is 4.99. The fourth-order valence-corrected chi connectivity index (χ4v) is 1.49. The van der Waals surface area contributed by atoms with Gasteiger partial charge in [0.15, 0.2) is 0 Å². The van der Waals surface area contributed by atoms with Gasteiger partial charge in [-0.05, 0) is 31.0 Å². The van der Waals surface area contributed by atoms with E-state index in [0.717, 1.165) is 5.56 Å². The van der Waals surface area contributed by atoms with Crippen LogP contribution in [0, 0.1) is 0 Å². The maximum atomic E-state index is 11.4. The number of esters is 1. The predicted molar refractivity (Wildman–Crippen MR) is 61.8 cm³/mol. The summed E-state index contributed by atoms with van der Waals surface area (Å²) < 4.78 is 4.87.